The highest BCUT2D eigenvalue weighted by atomic mass is 16.2. The predicted molar refractivity (Wildman–Crippen MR) is 118 cm³/mol. The van der Waals surface area contributed by atoms with E-state index < -0.39 is 5.91 Å². The average molecular weight is 400 g/mol. The molecule has 1 heterocycles. The van der Waals surface area contributed by atoms with Gasteiger partial charge in [-0.2, -0.15) is 5.26 Å². The van der Waals surface area contributed by atoms with Crippen LogP contribution in [0, 0.1) is 25.2 Å². The Hall–Kier alpha value is -3.85. The van der Waals surface area contributed by atoms with E-state index in [2.05, 4.69) is 39.5 Å². The van der Waals surface area contributed by atoms with Gasteiger partial charge in [-0.1, -0.05) is 36.4 Å². The van der Waals surface area contributed by atoms with Crippen LogP contribution in [0.15, 0.2) is 54.1 Å². The van der Waals surface area contributed by atoms with Crippen LogP contribution in [0.4, 0.5) is 0 Å². The molecule has 2 N–H and O–H groups in total. The van der Waals surface area contributed by atoms with Crippen molar-refractivity contribution in [2.75, 3.05) is 13.1 Å². The van der Waals surface area contributed by atoms with Crippen molar-refractivity contribution in [2.24, 2.45) is 0 Å². The minimum atomic E-state index is -0.460. The summed E-state index contributed by atoms with van der Waals surface area (Å²) in [5, 5.41) is 17.0. The number of hydrogen-bond acceptors (Lipinski definition) is 3. The molecule has 152 valence electrons. The smallest absolute Gasteiger partial charge is 0.262 e. The number of amides is 2. The Labute approximate surface area is 175 Å². The number of nitriles is 1. The van der Waals surface area contributed by atoms with Gasteiger partial charge in [-0.25, -0.2) is 0 Å². The zero-order valence-electron chi connectivity index (χ0n) is 17.3. The van der Waals surface area contributed by atoms with Gasteiger partial charge in [-0.15, -0.1) is 0 Å². The normalized spacial score (nSPS) is 11.2. The molecule has 1 aromatic heterocycles. The number of carbonyl (C=O) groups is 2. The van der Waals surface area contributed by atoms with Gasteiger partial charge in [0, 0.05) is 36.8 Å². The molecule has 0 radical (unpaired) electrons. The number of rotatable bonds is 6. The van der Waals surface area contributed by atoms with Gasteiger partial charge in [0.1, 0.15) is 11.6 Å². The monoisotopic (exact) mass is 400 g/mol. The first-order valence-electron chi connectivity index (χ1n) is 9.74. The van der Waals surface area contributed by atoms with Gasteiger partial charge in [0.05, 0.1) is 5.69 Å². The lowest BCUT2D eigenvalue weighted by Crippen LogP contribution is -2.34. The number of hydrogen-bond donors (Lipinski definition) is 2. The zero-order chi connectivity index (χ0) is 21.7. The van der Waals surface area contributed by atoms with Crippen LogP contribution in [0.2, 0.25) is 0 Å². The molecule has 0 bridgehead atoms. The third-order valence-electron chi connectivity index (χ3n) is 4.93. The molecule has 0 saturated heterocycles. The largest absolute Gasteiger partial charge is 0.355 e. The fourth-order valence-corrected chi connectivity index (χ4v) is 3.52. The van der Waals surface area contributed by atoms with Gasteiger partial charge in [0.25, 0.3) is 5.91 Å². The maximum atomic E-state index is 12.3. The van der Waals surface area contributed by atoms with Gasteiger partial charge < -0.3 is 15.2 Å². The highest BCUT2D eigenvalue weighted by molar-refractivity contribution is 6.02. The second kappa shape index (κ2) is 9.10. The van der Waals surface area contributed by atoms with E-state index >= 15 is 0 Å². The Kier molecular flexibility index (Phi) is 6.33. The lowest BCUT2D eigenvalue weighted by molar-refractivity contribution is -0.120. The van der Waals surface area contributed by atoms with Gasteiger partial charge in [-0.3, -0.25) is 9.59 Å². The first-order chi connectivity index (χ1) is 14.4. The summed E-state index contributed by atoms with van der Waals surface area (Å²) in [4.78, 5) is 23.2. The maximum Gasteiger partial charge on any atom is 0.262 e. The van der Waals surface area contributed by atoms with Crippen LogP contribution >= 0.6 is 0 Å². The first-order valence-corrected chi connectivity index (χ1v) is 9.74. The number of benzene rings is 2. The SMILES string of the molecule is CC(=O)NCCNC(=O)/C(C#N)=C/c1cc(C)n(-c2cccc3ccccc23)c1C. The number of nitrogens with zero attached hydrogens (tertiary/aromatic N) is 2. The van der Waals surface area contributed by atoms with Crippen molar-refractivity contribution < 1.29 is 9.59 Å². The van der Waals surface area contributed by atoms with Crippen molar-refractivity contribution >= 4 is 28.7 Å². The highest BCUT2D eigenvalue weighted by Gasteiger charge is 2.14. The predicted octanol–water partition coefficient (Wildman–Crippen LogP) is 3.41. The molecule has 30 heavy (non-hydrogen) atoms. The molecule has 0 aliphatic carbocycles. The molecule has 6 heteroatoms. The van der Waals surface area contributed by atoms with Crippen LogP contribution in [-0.4, -0.2) is 29.5 Å². The molecule has 0 aliphatic rings. The summed E-state index contributed by atoms with van der Waals surface area (Å²) in [5.41, 5.74) is 3.85. The highest BCUT2D eigenvalue weighted by Crippen LogP contribution is 2.28. The van der Waals surface area contributed by atoms with Gasteiger partial charge in [-0.05, 0) is 43.0 Å². The van der Waals surface area contributed by atoms with Crippen LogP contribution < -0.4 is 10.6 Å². The summed E-state index contributed by atoms with van der Waals surface area (Å²) in [6.07, 6.45) is 1.61. The van der Waals surface area contributed by atoms with Gasteiger partial charge in [0.2, 0.25) is 5.91 Å². The Morgan fingerprint density at radius 3 is 2.50 bits per heavy atom. The van der Waals surface area contributed by atoms with Gasteiger partial charge in [0.15, 0.2) is 0 Å². The minimum absolute atomic E-state index is 0.0241. The second-order valence-corrected chi connectivity index (χ2v) is 7.07. The Morgan fingerprint density at radius 2 is 1.77 bits per heavy atom. The Balaban J connectivity index is 1.92. The molecule has 2 aromatic carbocycles. The Bertz CT molecular complexity index is 1180. The number of fused-ring (bicyclic) bond motifs is 1. The summed E-state index contributed by atoms with van der Waals surface area (Å²) in [7, 11) is 0. The maximum absolute atomic E-state index is 12.3. The molecule has 0 fully saturated rings. The topological polar surface area (TPSA) is 86.9 Å². The molecule has 0 atom stereocenters. The lowest BCUT2D eigenvalue weighted by Gasteiger charge is -2.13. The van der Waals surface area contributed by atoms with E-state index in [-0.39, 0.29) is 18.0 Å². The van der Waals surface area contributed by atoms with E-state index in [1.54, 1.807) is 6.08 Å². The molecule has 0 spiro atoms. The van der Waals surface area contributed by atoms with Crippen LogP contribution in [-0.2, 0) is 9.59 Å². The van der Waals surface area contributed by atoms with E-state index in [0.29, 0.717) is 6.54 Å². The lowest BCUT2D eigenvalue weighted by atomic mass is 10.1. The molecule has 0 unspecified atom stereocenters. The number of aryl methyl sites for hydroxylation is 1. The summed E-state index contributed by atoms with van der Waals surface area (Å²) in [6, 6.07) is 18.3. The summed E-state index contributed by atoms with van der Waals surface area (Å²) in [5.74, 6) is -0.626. The summed E-state index contributed by atoms with van der Waals surface area (Å²) < 4.78 is 2.14. The molecule has 6 nitrogen and oxygen atoms in total. The molecule has 3 rings (SSSR count). The molecule has 3 aromatic rings. The number of aromatic nitrogens is 1. The zero-order valence-corrected chi connectivity index (χ0v) is 17.3. The van der Waals surface area contributed by atoms with Crippen LogP contribution in [0.3, 0.4) is 0 Å². The number of carbonyl (C=O) groups excluding carboxylic acids is 2. The molecule has 0 aliphatic heterocycles. The minimum Gasteiger partial charge on any atom is -0.355 e. The van der Waals surface area contributed by atoms with Crippen LogP contribution in [0.25, 0.3) is 22.5 Å². The van der Waals surface area contributed by atoms with E-state index in [1.165, 1.54) is 6.92 Å². The van der Waals surface area contributed by atoms with E-state index in [4.69, 9.17) is 0 Å². The van der Waals surface area contributed by atoms with Crippen molar-refractivity contribution in [3.63, 3.8) is 0 Å². The summed E-state index contributed by atoms with van der Waals surface area (Å²) in [6.45, 7) is 5.96. The Morgan fingerprint density at radius 1 is 1.07 bits per heavy atom. The van der Waals surface area contributed by atoms with E-state index in [1.807, 2.05) is 44.2 Å². The second-order valence-electron chi connectivity index (χ2n) is 7.07. The average Bonchev–Trinajstić information content (AvgIpc) is 3.01. The van der Waals surface area contributed by atoms with Gasteiger partial charge >= 0.3 is 0 Å². The standard InChI is InChI=1S/C24H24N4O2/c1-16-13-20(14-21(15-25)24(30)27-12-11-26-18(3)29)17(2)28(16)23-10-6-8-19-7-4-5-9-22(19)23/h4-10,13-14H,11-12H2,1-3H3,(H,26,29)(H,27,30)/b21-14+. The third kappa shape index (κ3) is 4.41. The van der Waals surface area contributed by atoms with Crippen molar-refractivity contribution in [3.8, 4) is 11.8 Å². The van der Waals surface area contributed by atoms with Crippen LogP contribution in [0.5, 0.6) is 0 Å². The van der Waals surface area contributed by atoms with Crippen molar-refractivity contribution in [2.45, 2.75) is 20.8 Å². The molecular formula is C24H24N4O2. The van der Waals surface area contributed by atoms with Crippen molar-refractivity contribution in [3.05, 3.63) is 71.1 Å². The first kappa shape index (κ1) is 20.9. The van der Waals surface area contributed by atoms with E-state index in [9.17, 15) is 14.9 Å². The summed E-state index contributed by atoms with van der Waals surface area (Å²) >= 11 is 0. The quantitative estimate of drug-likeness (QED) is 0.378. The molecule has 0 saturated carbocycles. The van der Waals surface area contributed by atoms with Crippen molar-refractivity contribution in [1.82, 2.24) is 15.2 Å². The van der Waals surface area contributed by atoms with Crippen LogP contribution in [0.1, 0.15) is 23.9 Å². The van der Waals surface area contributed by atoms with Crippen molar-refractivity contribution in [1.29, 1.82) is 5.26 Å². The third-order valence-corrected chi connectivity index (χ3v) is 4.93. The molecule has 2 amide bonds. The number of nitrogens with one attached hydrogen (secondary N) is 2. The molecular weight excluding hydrogens is 376 g/mol. The fraction of sp³-hybridized carbons (Fsp3) is 0.208. The fourth-order valence-electron chi connectivity index (χ4n) is 3.52. The van der Waals surface area contributed by atoms with E-state index in [0.717, 1.165) is 33.4 Å².